The lowest BCUT2D eigenvalue weighted by molar-refractivity contribution is -0.119. The van der Waals surface area contributed by atoms with Gasteiger partial charge in [-0.25, -0.2) is 13.1 Å². The molecule has 1 saturated heterocycles. The van der Waals surface area contributed by atoms with E-state index in [1.54, 1.807) is 18.2 Å². The number of carbonyl (C=O) groups is 1. The van der Waals surface area contributed by atoms with Crippen molar-refractivity contribution < 1.29 is 13.2 Å². The molecule has 2 aromatic rings. The summed E-state index contributed by atoms with van der Waals surface area (Å²) in [6.45, 7) is 5.34. The normalized spacial score (nSPS) is 21.0. The maximum atomic E-state index is 12.9. The van der Waals surface area contributed by atoms with E-state index in [-0.39, 0.29) is 23.3 Å². The number of piperidine rings is 1. The Morgan fingerprint density at radius 1 is 1.06 bits per heavy atom. The van der Waals surface area contributed by atoms with Crippen molar-refractivity contribution in [1.29, 1.82) is 0 Å². The molecule has 1 atom stereocenters. The van der Waals surface area contributed by atoms with Crippen molar-refractivity contribution >= 4 is 27.3 Å². The lowest BCUT2D eigenvalue weighted by Crippen LogP contribution is -2.34. The number of amides is 1. The average molecular weight is 454 g/mol. The molecule has 6 nitrogen and oxygen atoms in total. The van der Waals surface area contributed by atoms with Gasteiger partial charge in [-0.15, -0.1) is 0 Å². The second kappa shape index (κ2) is 8.52. The molecule has 0 aromatic heterocycles. The summed E-state index contributed by atoms with van der Waals surface area (Å²) in [6.07, 6.45) is 5.15. The number of rotatable bonds is 6. The number of sulfonamides is 1. The van der Waals surface area contributed by atoms with Gasteiger partial charge in [-0.2, -0.15) is 0 Å². The zero-order valence-corrected chi connectivity index (χ0v) is 19.4. The Balaban J connectivity index is 1.23. The predicted octanol–water partition coefficient (Wildman–Crippen LogP) is 3.70. The van der Waals surface area contributed by atoms with E-state index in [1.807, 2.05) is 17.0 Å². The van der Waals surface area contributed by atoms with Crippen molar-refractivity contribution in [3.05, 3.63) is 53.6 Å². The van der Waals surface area contributed by atoms with Crippen LogP contribution in [0.3, 0.4) is 0 Å². The summed E-state index contributed by atoms with van der Waals surface area (Å²) in [5.74, 6) is 1.05. The van der Waals surface area contributed by atoms with E-state index in [0.717, 1.165) is 42.7 Å². The van der Waals surface area contributed by atoms with Crippen LogP contribution in [-0.4, -0.2) is 34.0 Å². The molecule has 1 N–H and O–H groups in total. The Kier molecular flexibility index (Phi) is 5.72. The smallest absolute Gasteiger partial charge is 0.240 e. The van der Waals surface area contributed by atoms with Crippen LogP contribution in [0.1, 0.15) is 43.7 Å². The number of hydrogen-bond donors (Lipinski definition) is 1. The van der Waals surface area contributed by atoms with Crippen molar-refractivity contribution in [3.8, 4) is 0 Å². The molecule has 1 aliphatic carbocycles. The second-order valence-electron chi connectivity index (χ2n) is 9.49. The van der Waals surface area contributed by atoms with Gasteiger partial charge in [0.2, 0.25) is 15.9 Å². The zero-order valence-electron chi connectivity index (χ0n) is 18.6. The Morgan fingerprint density at radius 2 is 1.84 bits per heavy atom. The minimum atomic E-state index is -3.62. The largest absolute Gasteiger partial charge is 0.371 e. The van der Waals surface area contributed by atoms with E-state index in [9.17, 15) is 13.2 Å². The van der Waals surface area contributed by atoms with Crippen molar-refractivity contribution in [2.24, 2.45) is 11.8 Å². The molecule has 0 unspecified atom stereocenters. The fourth-order valence-electron chi connectivity index (χ4n) is 4.84. The molecule has 170 valence electrons. The highest BCUT2D eigenvalue weighted by molar-refractivity contribution is 7.89. The number of nitrogens with one attached hydrogen (secondary N) is 1. The standard InChI is InChI=1S/C25H31N3O3S/c1-18-3-2-13-27(17-18)22-8-4-19(5-9-22)16-26-32(30,31)23-10-11-24-21(15-23)12-14-28(24)25(29)20-6-7-20/h4-5,8-11,15,18,20,26H,2-3,6-7,12-14,16-17H2,1H3/t18-/m1/s1. The summed E-state index contributed by atoms with van der Waals surface area (Å²) >= 11 is 0. The van der Waals surface area contributed by atoms with Gasteiger partial charge >= 0.3 is 0 Å². The highest BCUT2D eigenvalue weighted by atomic mass is 32.2. The SMILES string of the molecule is C[C@@H]1CCCN(c2ccc(CNS(=O)(=O)c3ccc4c(c3)CCN4C(=O)C3CC3)cc2)C1. The van der Waals surface area contributed by atoms with E-state index >= 15 is 0 Å². The van der Waals surface area contributed by atoms with Crippen LogP contribution in [0.25, 0.3) is 0 Å². The van der Waals surface area contributed by atoms with Crippen molar-refractivity contribution in [2.75, 3.05) is 29.4 Å². The van der Waals surface area contributed by atoms with Crippen LogP contribution >= 0.6 is 0 Å². The molecule has 3 aliphatic rings. The number of carbonyl (C=O) groups excluding carboxylic acids is 1. The summed E-state index contributed by atoms with van der Waals surface area (Å²) in [5, 5.41) is 0. The first-order chi connectivity index (χ1) is 15.4. The van der Waals surface area contributed by atoms with Gasteiger partial charge in [0.25, 0.3) is 0 Å². The summed E-state index contributed by atoms with van der Waals surface area (Å²) in [7, 11) is -3.62. The van der Waals surface area contributed by atoms with Crippen LogP contribution in [0.5, 0.6) is 0 Å². The minimum absolute atomic E-state index is 0.163. The summed E-state index contributed by atoms with van der Waals surface area (Å²) in [6, 6.07) is 13.3. The lowest BCUT2D eigenvalue weighted by atomic mass is 9.99. The fourth-order valence-corrected chi connectivity index (χ4v) is 5.90. The van der Waals surface area contributed by atoms with Gasteiger partial charge in [0, 0.05) is 43.5 Å². The van der Waals surface area contributed by atoms with Crippen molar-refractivity contribution in [3.63, 3.8) is 0 Å². The van der Waals surface area contributed by atoms with Gasteiger partial charge < -0.3 is 9.80 Å². The molecule has 5 rings (SSSR count). The topological polar surface area (TPSA) is 69.7 Å². The summed E-state index contributed by atoms with van der Waals surface area (Å²) in [4.78, 5) is 16.9. The molecule has 1 amide bonds. The molecule has 7 heteroatoms. The maximum absolute atomic E-state index is 12.9. The fraction of sp³-hybridized carbons (Fsp3) is 0.480. The average Bonchev–Trinajstić information content (AvgIpc) is 3.56. The Labute approximate surface area is 190 Å². The molecular formula is C25H31N3O3S. The van der Waals surface area contributed by atoms with Crippen molar-refractivity contribution in [1.82, 2.24) is 4.72 Å². The van der Waals surface area contributed by atoms with Gasteiger partial charge in [0.05, 0.1) is 4.90 Å². The van der Waals surface area contributed by atoms with Gasteiger partial charge in [-0.3, -0.25) is 4.79 Å². The van der Waals surface area contributed by atoms with E-state index in [1.165, 1.54) is 18.5 Å². The highest BCUT2D eigenvalue weighted by Crippen LogP contribution is 2.37. The van der Waals surface area contributed by atoms with Gasteiger partial charge in [-0.05, 0) is 79.5 Å². The highest BCUT2D eigenvalue weighted by Gasteiger charge is 2.36. The molecule has 2 fully saturated rings. The summed E-state index contributed by atoms with van der Waals surface area (Å²) in [5.41, 5.74) is 3.93. The first kappa shape index (κ1) is 21.5. The number of benzene rings is 2. The third kappa shape index (κ3) is 4.41. The first-order valence-corrected chi connectivity index (χ1v) is 13.2. The van der Waals surface area contributed by atoms with Crippen LogP contribution in [0, 0.1) is 11.8 Å². The number of nitrogens with zero attached hydrogens (tertiary/aromatic N) is 2. The Morgan fingerprint density at radius 3 is 2.56 bits per heavy atom. The molecule has 1 saturated carbocycles. The monoisotopic (exact) mass is 453 g/mol. The predicted molar refractivity (Wildman–Crippen MR) is 126 cm³/mol. The summed E-state index contributed by atoms with van der Waals surface area (Å²) < 4.78 is 28.5. The van der Waals surface area contributed by atoms with Gasteiger partial charge in [0.1, 0.15) is 0 Å². The molecular weight excluding hydrogens is 422 g/mol. The Bertz CT molecular complexity index is 1110. The molecule has 0 bridgehead atoms. The van der Waals surface area contributed by atoms with Gasteiger partial charge in [-0.1, -0.05) is 19.1 Å². The molecule has 0 radical (unpaired) electrons. The van der Waals surface area contributed by atoms with Crippen LogP contribution in [-0.2, 0) is 27.8 Å². The lowest BCUT2D eigenvalue weighted by Gasteiger charge is -2.32. The molecule has 0 spiro atoms. The quantitative estimate of drug-likeness (QED) is 0.724. The third-order valence-electron chi connectivity index (χ3n) is 6.87. The molecule has 2 aliphatic heterocycles. The minimum Gasteiger partial charge on any atom is -0.371 e. The van der Waals surface area contributed by atoms with E-state index in [4.69, 9.17) is 0 Å². The van der Waals surface area contributed by atoms with Crippen LogP contribution in [0.15, 0.2) is 47.4 Å². The zero-order chi connectivity index (χ0) is 22.3. The number of anilines is 2. The molecule has 2 heterocycles. The number of hydrogen-bond acceptors (Lipinski definition) is 4. The maximum Gasteiger partial charge on any atom is 0.240 e. The molecule has 2 aromatic carbocycles. The van der Waals surface area contributed by atoms with Crippen molar-refractivity contribution in [2.45, 2.75) is 50.5 Å². The third-order valence-corrected chi connectivity index (χ3v) is 8.27. The molecule has 32 heavy (non-hydrogen) atoms. The van der Waals surface area contributed by atoms with Crippen LogP contribution < -0.4 is 14.5 Å². The van der Waals surface area contributed by atoms with Crippen LogP contribution in [0.2, 0.25) is 0 Å². The number of fused-ring (bicyclic) bond motifs is 1. The first-order valence-electron chi connectivity index (χ1n) is 11.7. The van der Waals surface area contributed by atoms with Crippen LogP contribution in [0.4, 0.5) is 11.4 Å². The van der Waals surface area contributed by atoms with E-state index < -0.39 is 10.0 Å². The Hall–Kier alpha value is -2.38. The van der Waals surface area contributed by atoms with E-state index in [0.29, 0.717) is 18.9 Å². The van der Waals surface area contributed by atoms with Gasteiger partial charge in [0.15, 0.2) is 0 Å². The van der Waals surface area contributed by atoms with E-state index in [2.05, 4.69) is 28.7 Å². The second-order valence-corrected chi connectivity index (χ2v) is 11.3.